The number of piperidine rings is 1. The van der Waals surface area contributed by atoms with Gasteiger partial charge < -0.3 is 10.6 Å². The number of carbonyl (C=O) groups is 1. The van der Waals surface area contributed by atoms with Crippen molar-refractivity contribution in [2.24, 2.45) is 17.8 Å². The van der Waals surface area contributed by atoms with Crippen LogP contribution in [0.5, 0.6) is 0 Å². The van der Waals surface area contributed by atoms with E-state index in [-0.39, 0.29) is 24.2 Å². The molecule has 2 fully saturated rings. The number of nitrogens with one attached hydrogen (secondary N) is 2. The van der Waals surface area contributed by atoms with Crippen LogP contribution in [0.4, 0.5) is 0 Å². The van der Waals surface area contributed by atoms with Crippen molar-refractivity contribution in [3.05, 3.63) is 0 Å². The number of amides is 1. The van der Waals surface area contributed by atoms with Gasteiger partial charge in [0.1, 0.15) is 0 Å². The van der Waals surface area contributed by atoms with Gasteiger partial charge >= 0.3 is 0 Å². The summed E-state index contributed by atoms with van der Waals surface area (Å²) in [6.45, 7) is 6.40. The topological polar surface area (TPSA) is 41.1 Å². The third kappa shape index (κ3) is 5.25. The second kappa shape index (κ2) is 8.89. The van der Waals surface area contributed by atoms with E-state index in [1.54, 1.807) is 0 Å². The van der Waals surface area contributed by atoms with E-state index in [1.165, 1.54) is 32.1 Å². The van der Waals surface area contributed by atoms with Gasteiger partial charge in [0, 0.05) is 12.0 Å². The van der Waals surface area contributed by atoms with E-state index in [2.05, 4.69) is 24.5 Å². The van der Waals surface area contributed by atoms with E-state index in [0.717, 1.165) is 31.8 Å². The summed E-state index contributed by atoms with van der Waals surface area (Å²) in [6.07, 6.45) is 8.95. The van der Waals surface area contributed by atoms with Crippen molar-refractivity contribution in [3.63, 3.8) is 0 Å². The van der Waals surface area contributed by atoms with Crippen LogP contribution in [0.15, 0.2) is 0 Å². The van der Waals surface area contributed by atoms with Crippen LogP contribution in [0, 0.1) is 17.8 Å². The van der Waals surface area contributed by atoms with Gasteiger partial charge in [-0.25, -0.2) is 0 Å². The Morgan fingerprint density at radius 1 is 1.25 bits per heavy atom. The summed E-state index contributed by atoms with van der Waals surface area (Å²) >= 11 is 0. The van der Waals surface area contributed by atoms with Crippen molar-refractivity contribution in [2.45, 2.75) is 64.8 Å². The van der Waals surface area contributed by atoms with Crippen molar-refractivity contribution < 1.29 is 4.79 Å². The summed E-state index contributed by atoms with van der Waals surface area (Å²) < 4.78 is 0. The smallest absolute Gasteiger partial charge is 0.223 e. The molecule has 2 rings (SSSR count). The molecule has 3 atom stereocenters. The van der Waals surface area contributed by atoms with Gasteiger partial charge in [-0.1, -0.05) is 46.0 Å². The SMILES string of the molecule is CC(CC1CCCCC1)C(=O)NC1CCNCC1C.Cl. The van der Waals surface area contributed by atoms with Crippen LogP contribution in [0.25, 0.3) is 0 Å². The number of halogens is 1. The highest BCUT2D eigenvalue weighted by Gasteiger charge is 2.26. The molecule has 118 valence electrons. The van der Waals surface area contributed by atoms with Gasteiger partial charge in [-0.2, -0.15) is 0 Å². The van der Waals surface area contributed by atoms with Gasteiger partial charge in [0.05, 0.1) is 0 Å². The maximum absolute atomic E-state index is 12.3. The molecule has 1 saturated carbocycles. The first-order valence-corrected chi connectivity index (χ1v) is 8.18. The lowest BCUT2D eigenvalue weighted by atomic mass is 9.83. The van der Waals surface area contributed by atoms with Crippen molar-refractivity contribution in [3.8, 4) is 0 Å². The molecule has 3 unspecified atom stereocenters. The molecule has 4 heteroatoms. The van der Waals surface area contributed by atoms with E-state index >= 15 is 0 Å². The first-order chi connectivity index (χ1) is 9.16. The maximum atomic E-state index is 12.3. The molecule has 2 aliphatic rings. The fourth-order valence-corrected chi connectivity index (χ4v) is 3.58. The Morgan fingerprint density at radius 3 is 2.60 bits per heavy atom. The molecule has 0 aromatic heterocycles. The average Bonchev–Trinajstić information content (AvgIpc) is 2.42. The van der Waals surface area contributed by atoms with Gasteiger partial charge in [0.2, 0.25) is 5.91 Å². The first kappa shape index (κ1) is 17.8. The minimum absolute atomic E-state index is 0. The fourth-order valence-electron chi connectivity index (χ4n) is 3.58. The van der Waals surface area contributed by atoms with E-state index in [1.807, 2.05) is 0 Å². The second-order valence-electron chi connectivity index (χ2n) is 6.73. The Hall–Kier alpha value is -0.280. The fraction of sp³-hybridized carbons (Fsp3) is 0.938. The molecule has 0 aromatic carbocycles. The normalized spacial score (nSPS) is 29.3. The zero-order valence-electron chi connectivity index (χ0n) is 13.0. The molecule has 3 nitrogen and oxygen atoms in total. The summed E-state index contributed by atoms with van der Waals surface area (Å²) in [5.74, 6) is 1.81. The zero-order valence-corrected chi connectivity index (χ0v) is 13.8. The van der Waals surface area contributed by atoms with Crippen molar-refractivity contribution >= 4 is 18.3 Å². The lowest BCUT2D eigenvalue weighted by molar-refractivity contribution is -0.126. The van der Waals surface area contributed by atoms with Crippen molar-refractivity contribution in [1.82, 2.24) is 10.6 Å². The highest BCUT2D eigenvalue weighted by atomic mass is 35.5. The molecule has 1 aliphatic heterocycles. The van der Waals surface area contributed by atoms with Crippen LogP contribution in [0.1, 0.15) is 58.8 Å². The zero-order chi connectivity index (χ0) is 13.7. The largest absolute Gasteiger partial charge is 0.353 e. The van der Waals surface area contributed by atoms with E-state index in [4.69, 9.17) is 0 Å². The van der Waals surface area contributed by atoms with Crippen molar-refractivity contribution in [2.75, 3.05) is 13.1 Å². The summed E-state index contributed by atoms with van der Waals surface area (Å²) in [5, 5.41) is 6.66. The molecule has 0 radical (unpaired) electrons. The number of carbonyl (C=O) groups excluding carboxylic acids is 1. The van der Waals surface area contributed by atoms with Gasteiger partial charge in [0.25, 0.3) is 0 Å². The molecule has 1 saturated heterocycles. The maximum Gasteiger partial charge on any atom is 0.223 e. The molecule has 0 spiro atoms. The molecule has 1 heterocycles. The lowest BCUT2D eigenvalue weighted by Gasteiger charge is -2.32. The molecule has 20 heavy (non-hydrogen) atoms. The van der Waals surface area contributed by atoms with Gasteiger partial charge in [-0.3, -0.25) is 4.79 Å². The molecule has 1 amide bonds. The minimum Gasteiger partial charge on any atom is -0.353 e. The molecule has 2 N–H and O–H groups in total. The molecule has 0 aromatic rings. The van der Waals surface area contributed by atoms with Crippen LogP contribution < -0.4 is 10.6 Å². The molecule has 1 aliphatic carbocycles. The monoisotopic (exact) mass is 302 g/mol. The van der Waals surface area contributed by atoms with Crippen LogP contribution >= 0.6 is 12.4 Å². The highest BCUT2D eigenvalue weighted by molar-refractivity contribution is 5.85. The molecular formula is C16H31ClN2O. The van der Waals surface area contributed by atoms with Gasteiger partial charge in [-0.05, 0) is 37.8 Å². The predicted octanol–water partition coefficient (Wildman–Crippen LogP) is 3.13. The number of rotatable bonds is 4. The second-order valence-corrected chi connectivity index (χ2v) is 6.73. The van der Waals surface area contributed by atoms with Crippen LogP contribution in [0.2, 0.25) is 0 Å². The minimum atomic E-state index is 0. The lowest BCUT2D eigenvalue weighted by Crippen LogP contribution is -2.49. The average molecular weight is 303 g/mol. The summed E-state index contributed by atoms with van der Waals surface area (Å²) in [5.41, 5.74) is 0. The quantitative estimate of drug-likeness (QED) is 0.838. The first-order valence-electron chi connectivity index (χ1n) is 8.18. The predicted molar refractivity (Wildman–Crippen MR) is 86.2 cm³/mol. The van der Waals surface area contributed by atoms with Crippen LogP contribution in [-0.4, -0.2) is 25.0 Å². The van der Waals surface area contributed by atoms with Crippen LogP contribution in [-0.2, 0) is 4.79 Å². The third-order valence-corrected chi connectivity index (χ3v) is 4.97. The number of hydrogen-bond donors (Lipinski definition) is 2. The molecular weight excluding hydrogens is 272 g/mol. The van der Waals surface area contributed by atoms with Crippen molar-refractivity contribution in [1.29, 1.82) is 0 Å². The summed E-state index contributed by atoms with van der Waals surface area (Å²) in [7, 11) is 0. The Kier molecular flexibility index (Phi) is 7.90. The Balaban J connectivity index is 0.00000200. The number of hydrogen-bond acceptors (Lipinski definition) is 2. The van der Waals surface area contributed by atoms with Crippen LogP contribution in [0.3, 0.4) is 0 Å². The Bertz CT molecular complexity index is 292. The Labute approximate surface area is 130 Å². The third-order valence-electron chi connectivity index (χ3n) is 4.97. The standard InChI is InChI=1S/C16H30N2O.ClH/c1-12(10-14-6-4-3-5-7-14)16(19)18-15-8-9-17-11-13(15)2;/h12-15,17H,3-11H2,1-2H3,(H,18,19);1H. The van der Waals surface area contributed by atoms with E-state index in [9.17, 15) is 4.79 Å². The summed E-state index contributed by atoms with van der Waals surface area (Å²) in [4.78, 5) is 12.3. The van der Waals surface area contributed by atoms with E-state index < -0.39 is 0 Å². The highest BCUT2D eigenvalue weighted by Crippen LogP contribution is 2.29. The Morgan fingerprint density at radius 2 is 1.95 bits per heavy atom. The van der Waals surface area contributed by atoms with Gasteiger partial charge in [-0.15, -0.1) is 12.4 Å². The van der Waals surface area contributed by atoms with Gasteiger partial charge in [0.15, 0.2) is 0 Å². The van der Waals surface area contributed by atoms with E-state index in [0.29, 0.717) is 12.0 Å². The molecule has 0 bridgehead atoms. The summed E-state index contributed by atoms with van der Waals surface area (Å²) in [6, 6.07) is 0.377.